The first-order valence-corrected chi connectivity index (χ1v) is 14.6. The topological polar surface area (TPSA) is 89.1 Å². The molecule has 3 aromatic carbocycles. The van der Waals surface area contributed by atoms with Crippen LogP contribution in [0, 0.1) is 0 Å². The Bertz CT molecular complexity index is 1320. The summed E-state index contributed by atoms with van der Waals surface area (Å²) in [6.07, 6.45) is 7.60. The molecule has 8 nitrogen and oxygen atoms in total. The van der Waals surface area contributed by atoms with Gasteiger partial charge < -0.3 is 19.7 Å². The maximum atomic E-state index is 13.3. The molecule has 2 saturated heterocycles. The summed E-state index contributed by atoms with van der Waals surface area (Å²) in [5.74, 6) is 0.226. The van der Waals surface area contributed by atoms with E-state index in [2.05, 4.69) is 15.7 Å². The average molecular weight is 558 g/mol. The molecule has 0 radical (unpaired) electrons. The van der Waals surface area contributed by atoms with Gasteiger partial charge in [0.1, 0.15) is 12.4 Å². The second-order valence-electron chi connectivity index (χ2n) is 10.6. The molecule has 41 heavy (non-hydrogen) atoms. The molecule has 2 heterocycles. The van der Waals surface area contributed by atoms with Crippen LogP contribution < -0.4 is 15.5 Å². The van der Waals surface area contributed by atoms with Gasteiger partial charge in [-0.25, -0.2) is 10.3 Å². The Morgan fingerprint density at radius 1 is 0.951 bits per heavy atom. The van der Waals surface area contributed by atoms with Gasteiger partial charge in [0.15, 0.2) is 6.29 Å². The van der Waals surface area contributed by atoms with E-state index in [9.17, 15) is 9.59 Å². The molecule has 5 rings (SSSR count). The van der Waals surface area contributed by atoms with Crippen LogP contribution in [0.25, 0.3) is 16.8 Å². The molecule has 0 spiro atoms. The van der Waals surface area contributed by atoms with Gasteiger partial charge in [-0.15, -0.1) is 0 Å². The lowest BCUT2D eigenvalue weighted by Gasteiger charge is -2.22. The summed E-state index contributed by atoms with van der Waals surface area (Å²) < 4.78 is 11.7. The van der Waals surface area contributed by atoms with Crippen LogP contribution in [-0.4, -0.2) is 62.4 Å². The van der Waals surface area contributed by atoms with Crippen molar-refractivity contribution in [3.63, 3.8) is 0 Å². The van der Waals surface area contributed by atoms with E-state index in [0.29, 0.717) is 24.3 Å². The summed E-state index contributed by atoms with van der Waals surface area (Å²) in [5.41, 5.74) is 4.24. The molecule has 2 amide bonds. The highest BCUT2D eigenvalue weighted by Gasteiger charge is 2.17. The third-order valence-corrected chi connectivity index (χ3v) is 7.49. The zero-order chi connectivity index (χ0) is 28.3. The first-order valence-electron chi connectivity index (χ1n) is 14.6. The second kappa shape index (κ2) is 14.8. The first kappa shape index (κ1) is 28.8. The number of likely N-dealkylation sites (tertiary alicyclic amines) is 1. The van der Waals surface area contributed by atoms with Crippen LogP contribution in [0.1, 0.15) is 54.4 Å². The smallest absolute Gasteiger partial charge is 0.274 e. The van der Waals surface area contributed by atoms with Gasteiger partial charge in [-0.1, -0.05) is 48.5 Å². The number of hydrogen-bond donors (Lipinski definition) is 2. The van der Waals surface area contributed by atoms with Crippen LogP contribution in [0.15, 0.2) is 72.3 Å². The lowest BCUT2D eigenvalue weighted by molar-refractivity contribution is -0.186. The van der Waals surface area contributed by atoms with E-state index in [-0.39, 0.29) is 18.4 Å². The Morgan fingerprint density at radius 2 is 1.76 bits per heavy atom. The van der Waals surface area contributed by atoms with Gasteiger partial charge in [0, 0.05) is 30.5 Å². The maximum absolute atomic E-state index is 13.3. The molecule has 2 aliphatic rings. The molecule has 2 aliphatic heterocycles. The van der Waals surface area contributed by atoms with Crippen LogP contribution in [-0.2, 0) is 14.4 Å². The maximum Gasteiger partial charge on any atom is 0.274 e. The number of fused-ring (bicyclic) bond motifs is 1. The highest BCUT2D eigenvalue weighted by molar-refractivity contribution is 5.98. The van der Waals surface area contributed by atoms with Crippen molar-refractivity contribution in [2.45, 2.75) is 44.8 Å². The average Bonchev–Trinajstić information content (AvgIpc) is 3.54. The first-order chi connectivity index (χ1) is 20.2. The number of hydrogen-bond acceptors (Lipinski definition) is 6. The van der Waals surface area contributed by atoms with E-state index in [1.165, 1.54) is 12.8 Å². The fraction of sp³-hybridized carbons (Fsp3) is 0.394. The Kier molecular flexibility index (Phi) is 10.4. The molecular weight excluding hydrogens is 518 g/mol. The van der Waals surface area contributed by atoms with Crippen molar-refractivity contribution in [2.24, 2.45) is 0 Å². The van der Waals surface area contributed by atoms with E-state index < -0.39 is 6.29 Å². The normalized spacial score (nSPS) is 17.9. The van der Waals surface area contributed by atoms with Crippen LogP contribution in [0.3, 0.4) is 0 Å². The number of rotatable bonds is 12. The number of benzene rings is 3. The van der Waals surface area contributed by atoms with Crippen molar-refractivity contribution < 1.29 is 23.9 Å². The number of hydroxylamine groups is 1. The molecule has 1 unspecified atom stereocenters. The summed E-state index contributed by atoms with van der Waals surface area (Å²) in [4.78, 5) is 33.7. The van der Waals surface area contributed by atoms with Gasteiger partial charge in [0.2, 0.25) is 0 Å². The molecule has 8 heteroatoms. The Hall–Kier alpha value is -3.72. The van der Waals surface area contributed by atoms with Crippen molar-refractivity contribution in [3.05, 3.63) is 83.4 Å². The van der Waals surface area contributed by atoms with Gasteiger partial charge in [-0.05, 0) is 87.0 Å². The van der Waals surface area contributed by atoms with E-state index >= 15 is 0 Å². The number of ether oxygens (including phenoxy) is 2. The molecule has 1 atom stereocenters. The number of carbonyl (C=O) groups excluding carboxylic acids is 2. The lowest BCUT2D eigenvalue weighted by atomic mass is 10.1. The molecule has 0 aromatic heterocycles. The van der Waals surface area contributed by atoms with Gasteiger partial charge in [-0.2, -0.15) is 0 Å². The van der Waals surface area contributed by atoms with Gasteiger partial charge in [0.05, 0.1) is 5.57 Å². The summed E-state index contributed by atoms with van der Waals surface area (Å²) >= 11 is 0. The quantitative estimate of drug-likeness (QED) is 0.183. The zero-order valence-electron chi connectivity index (χ0n) is 23.5. The van der Waals surface area contributed by atoms with E-state index in [1.54, 1.807) is 12.1 Å². The van der Waals surface area contributed by atoms with Crippen molar-refractivity contribution in [3.8, 4) is 5.75 Å². The second-order valence-corrected chi connectivity index (χ2v) is 10.6. The van der Waals surface area contributed by atoms with Crippen LogP contribution >= 0.6 is 0 Å². The van der Waals surface area contributed by atoms with E-state index in [1.807, 2.05) is 60.7 Å². The van der Waals surface area contributed by atoms with Gasteiger partial charge in [-0.3, -0.25) is 9.59 Å². The van der Waals surface area contributed by atoms with Crippen LogP contribution in [0.2, 0.25) is 0 Å². The standard InChI is InChI=1S/C33H39N3O5/c37-32(34-18-8-21-36-19-4-5-20-36)28(24-40-30-12-7-10-26-9-1-2-11-29(26)30)23-25-14-16-27(17-15-25)33(38)35-41-31-13-3-6-22-39-31/h1-2,7,9-12,14-17,23,31H,3-6,8,13,18-22,24H2,(H,34,37)(H,35,38). The van der Waals surface area contributed by atoms with E-state index in [4.69, 9.17) is 14.3 Å². The third kappa shape index (κ3) is 8.39. The van der Waals surface area contributed by atoms with Crippen molar-refractivity contribution in [1.29, 1.82) is 0 Å². The number of amides is 2. The Balaban J connectivity index is 1.24. The van der Waals surface area contributed by atoms with E-state index in [0.717, 1.165) is 67.4 Å². The van der Waals surface area contributed by atoms with Crippen molar-refractivity contribution >= 4 is 28.7 Å². The van der Waals surface area contributed by atoms with Crippen molar-refractivity contribution in [1.82, 2.24) is 15.7 Å². The monoisotopic (exact) mass is 557 g/mol. The van der Waals surface area contributed by atoms with Gasteiger partial charge in [0.25, 0.3) is 11.8 Å². The van der Waals surface area contributed by atoms with Crippen LogP contribution in [0.4, 0.5) is 0 Å². The van der Waals surface area contributed by atoms with Crippen molar-refractivity contribution in [2.75, 3.05) is 39.4 Å². The van der Waals surface area contributed by atoms with Crippen LogP contribution in [0.5, 0.6) is 5.75 Å². The predicted octanol–water partition coefficient (Wildman–Crippen LogP) is 5.09. The fourth-order valence-corrected chi connectivity index (χ4v) is 5.19. The highest BCUT2D eigenvalue weighted by atomic mass is 16.8. The predicted molar refractivity (Wildman–Crippen MR) is 159 cm³/mol. The van der Waals surface area contributed by atoms with Gasteiger partial charge >= 0.3 is 0 Å². The number of nitrogens with zero attached hydrogens (tertiary/aromatic N) is 1. The molecule has 216 valence electrons. The summed E-state index contributed by atoms with van der Waals surface area (Å²) in [5, 5.41) is 5.15. The summed E-state index contributed by atoms with van der Waals surface area (Å²) in [6, 6.07) is 21.0. The molecular formula is C33H39N3O5. The molecule has 2 N–H and O–H groups in total. The molecule has 0 bridgehead atoms. The fourth-order valence-electron chi connectivity index (χ4n) is 5.19. The Labute approximate surface area is 241 Å². The summed E-state index contributed by atoms with van der Waals surface area (Å²) in [7, 11) is 0. The number of nitrogens with one attached hydrogen (secondary N) is 2. The largest absolute Gasteiger partial charge is 0.488 e. The molecule has 0 aliphatic carbocycles. The minimum absolute atomic E-state index is 0.115. The molecule has 3 aromatic rings. The lowest BCUT2D eigenvalue weighted by Crippen LogP contribution is -2.33. The minimum Gasteiger partial charge on any atom is -0.488 e. The minimum atomic E-state index is -0.409. The highest BCUT2D eigenvalue weighted by Crippen LogP contribution is 2.26. The molecule has 0 saturated carbocycles. The third-order valence-electron chi connectivity index (χ3n) is 7.49. The molecule has 2 fully saturated rings. The SMILES string of the molecule is O=C(NCCCN1CCCC1)C(=Cc1ccc(C(=O)NOC2CCCCO2)cc1)COc1cccc2ccccc12. The Morgan fingerprint density at radius 3 is 2.56 bits per heavy atom. The number of carbonyl (C=O) groups is 2. The zero-order valence-corrected chi connectivity index (χ0v) is 23.5. The summed E-state index contributed by atoms with van der Waals surface area (Å²) in [6.45, 7) is 4.64.